The molecule has 1 aromatic heterocycles. The number of ether oxygens (including phenoxy) is 1. The maximum absolute atomic E-state index is 12.7. The third-order valence-electron chi connectivity index (χ3n) is 5.23. The van der Waals surface area contributed by atoms with Crippen molar-refractivity contribution in [3.63, 3.8) is 0 Å². The molecule has 2 aliphatic rings. The highest BCUT2D eigenvalue weighted by Gasteiger charge is 2.29. The van der Waals surface area contributed by atoms with Gasteiger partial charge in [0, 0.05) is 31.7 Å². The topological polar surface area (TPSA) is 99.7 Å². The Balaban J connectivity index is 1.61. The lowest BCUT2D eigenvalue weighted by molar-refractivity contribution is -0.00638. The maximum Gasteiger partial charge on any atom is 0.243 e. The molecule has 2 aromatic rings. The summed E-state index contributed by atoms with van der Waals surface area (Å²) in [6, 6.07) is 8.57. The molecule has 0 bridgehead atoms. The van der Waals surface area contributed by atoms with Gasteiger partial charge in [0.15, 0.2) is 0 Å². The monoisotopic (exact) mass is 416 g/mol. The molecular weight excluding hydrogens is 392 g/mol. The zero-order valence-corrected chi connectivity index (χ0v) is 17.4. The molecule has 3 heterocycles. The lowest BCUT2D eigenvalue weighted by Crippen LogP contribution is -2.45. The normalized spacial score (nSPS) is 23.3. The Bertz CT molecular complexity index is 1010. The number of aromatic nitrogens is 1. The summed E-state index contributed by atoms with van der Waals surface area (Å²) in [4.78, 5) is 6.55. The van der Waals surface area contributed by atoms with Crippen molar-refractivity contribution in [3.05, 3.63) is 30.0 Å². The van der Waals surface area contributed by atoms with Crippen LogP contribution in [0.25, 0.3) is 11.5 Å². The number of benzene rings is 1. The van der Waals surface area contributed by atoms with E-state index < -0.39 is 10.0 Å². The number of nitriles is 1. The molecule has 0 radical (unpaired) electrons. The minimum absolute atomic E-state index is 0.0221. The molecule has 9 heteroatoms. The van der Waals surface area contributed by atoms with Gasteiger partial charge in [-0.25, -0.2) is 8.42 Å². The largest absolute Gasteiger partial charge is 0.419 e. The zero-order valence-electron chi connectivity index (χ0n) is 16.5. The van der Waals surface area contributed by atoms with E-state index in [4.69, 9.17) is 9.15 Å². The molecule has 2 saturated heterocycles. The van der Waals surface area contributed by atoms with Crippen LogP contribution in [0.2, 0.25) is 0 Å². The molecule has 0 N–H and O–H groups in total. The first kappa shape index (κ1) is 19.9. The predicted molar refractivity (Wildman–Crippen MR) is 107 cm³/mol. The molecule has 4 rings (SSSR count). The van der Waals surface area contributed by atoms with E-state index in [-0.39, 0.29) is 22.8 Å². The highest BCUT2D eigenvalue weighted by molar-refractivity contribution is 7.89. The van der Waals surface area contributed by atoms with Gasteiger partial charge in [-0.1, -0.05) is 0 Å². The molecular formula is C20H24N4O4S. The standard InChI is InChI=1S/C20H24N4O4S/c1-14-12-23(13-15(2)27-14)20-18(11-21)22-19(28-20)16-5-7-17(8-6-16)29(25,26)24-9-3-4-10-24/h5-8,14-15H,3-4,9-10,12-13H2,1-2H3/t14-,15-/m0/s1. The van der Waals surface area contributed by atoms with Crippen LogP contribution in [0, 0.1) is 11.3 Å². The van der Waals surface area contributed by atoms with Crippen LogP contribution >= 0.6 is 0 Å². The van der Waals surface area contributed by atoms with Gasteiger partial charge in [-0.15, -0.1) is 0 Å². The lowest BCUT2D eigenvalue weighted by atomic mass is 10.2. The second-order valence-corrected chi connectivity index (χ2v) is 9.52. The summed E-state index contributed by atoms with van der Waals surface area (Å²) in [6.45, 7) is 6.31. The van der Waals surface area contributed by atoms with E-state index in [0.29, 0.717) is 43.5 Å². The van der Waals surface area contributed by atoms with Crippen LogP contribution in [-0.2, 0) is 14.8 Å². The van der Waals surface area contributed by atoms with E-state index in [2.05, 4.69) is 11.1 Å². The van der Waals surface area contributed by atoms with E-state index >= 15 is 0 Å². The number of hydrogen-bond acceptors (Lipinski definition) is 7. The fourth-order valence-corrected chi connectivity index (χ4v) is 5.43. The Morgan fingerprint density at radius 3 is 2.31 bits per heavy atom. The minimum Gasteiger partial charge on any atom is -0.419 e. The molecule has 2 aliphatic heterocycles. The van der Waals surface area contributed by atoms with E-state index in [1.54, 1.807) is 24.3 Å². The van der Waals surface area contributed by atoms with Crippen LogP contribution in [0.1, 0.15) is 32.4 Å². The summed E-state index contributed by atoms with van der Waals surface area (Å²) in [5.41, 5.74) is 0.845. The lowest BCUT2D eigenvalue weighted by Gasteiger charge is -2.34. The van der Waals surface area contributed by atoms with Crippen molar-refractivity contribution in [2.75, 3.05) is 31.1 Å². The molecule has 0 saturated carbocycles. The number of hydrogen-bond donors (Lipinski definition) is 0. The summed E-state index contributed by atoms with van der Waals surface area (Å²) < 4.78 is 38.5. The molecule has 8 nitrogen and oxygen atoms in total. The molecule has 0 aliphatic carbocycles. The van der Waals surface area contributed by atoms with E-state index in [0.717, 1.165) is 12.8 Å². The summed E-state index contributed by atoms with van der Waals surface area (Å²) in [5.74, 6) is 0.728. The summed E-state index contributed by atoms with van der Waals surface area (Å²) in [7, 11) is -3.47. The van der Waals surface area contributed by atoms with Gasteiger partial charge in [-0.05, 0) is 51.0 Å². The van der Waals surface area contributed by atoms with E-state index in [1.165, 1.54) is 4.31 Å². The maximum atomic E-state index is 12.7. The number of nitrogens with zero attached hydrogens (tertiary/aromatic N) is 4. The van der Waals surface area contributed by atoms with E-state index in [1.807, 2.05) is 18.7 Å². The number of rotatable bonds is 4. The van der Waals surface area contributed by atoms with Crippen LogP contribution in [-0.4, -0.2) is 56.1 Å². The van der Waals surface area contributed by atoms with Gasteiger partial charge in [-0.3, -0.25) is 0 Å². The van der Waals surface area contributed by atoms with Crippen molar-refractivity contribution in [2.24, 2.45) is 0 Å². The highest BCUT2D eigenvalue weighted by Crippen LogP contribution is 2.31. The third-order valence-corrected chi connectivity index (χ3v) is 7.14. The van der Waals surface area contributed by atoms with Gasteiger partial charge in [0.05, 0.1) is 17.1 Å². The first-order valence-corrected chi connectivity index (χ1v) is 11.2. The van der Waals surface area contributed by atoms with Gasteiger partial charge in [0.2, 0.25) is 27.5 Å². The quantitative estimate of drug-likeness (QED) is 0.755. The van der Waals surface area contributed by atoms with Gasteiger partial charge in [0.1, 0.15) is 6.07 Å². The zero-order chi connectivity index (χ0) is 20.6. The van der Waals surface area contributed by atoms with Crippen LogP contribution in [0.15, 0.2) is 33.6 Å². The fraction of sp³-hybridized carbons (Fsp3) is 0.500. The van der Waals surface area contributed by atoms with Gasteiger partial charge in [-0.2, -0.15) is 14.6 Å². The predicted octanol–water partition coefficient (Wildman–Crippen LogP) is 2.61. The molecule has 29 heavy (non-hydrogen) atoms. The van der Waals surface area contributed by atoms with Crippen LogP contribution in [0.4, 0.5) is 5.88 Å². The highest BCUT2D eigenvalue weighted by atomic mass is 32.2. The Kier molecular flexibility index (Phi) is 5.34. The smallest absolute Gasteiger partial charge is 0.243 e. The Hall–Kier alpha value is -2.41. The summed E-state index contributed by atoms with van der Waals surface area (Å²) >= 11 is 0. The number of sulfonamides is 1. The molecule has 2 atom stereocenters. The fourth-order valence-electron chi connectivity index (χ4n) is 3.91. The third kappa shape index (κ3) is 3.88. The van der Waals surface area contributed by atoms with Gasteiger partial charge >= 0.3 is 0 Å². The van der Waals surface area contributed by atoms with Crippen molar-refractivity contribution in [1.82, 2.24) is 9.29 Å². The Labute approximate surface area is 170 Å². The summed E-state index contributed by atoms with van der Waals surface area (Å²) in [6.07, 6.45) is 1.83. The van der Waals surface area contributed by atoms with Gasteiger partial charge in [0.25, 0.3) is 0 Å². The van der Waals surface area contributed by atoms with Crippen LogP contribution in [0.3, 0.4) is 0 Å². The second kappa shape index (κ2) is 7.78. The first-order valence-electron chi connectivity index (χ1n) is 9.80. The van der Waals surface area contributed by atoms with Crippen LogP contribution < -0.4 is 4.90 Å². The van der Waals surface area contributed by atoms with Crippen molar-refractivity contribution < 1.29 is 17.6 Å². The first-order chi connectivity index (χ1) is 13.9. The molecule has 2 fully saturated rings. The van der Waals surface area contributed by atoms with E-state index in [9.17, 15) is 13.7 Å². The number of anilines is 1. The Morgan fingerprint density at radius 2 is 1.72 bits per heavy atom. The van der Waals surface area contributed by atoms with Crippen molar-refractivity contribution >= 4 is 15.9 Å². The Morgan fingerprint density at radius 1 is 1.10 bits per heavy atom. The van der Waals surface area contributed by atoms with Crippen LogP contribution in [0.5, 0.6) is 0 Å². The molecule has 1 aromatic carbocycles. The molecule has 0 unspecified atom stereocenters. The van der Waals surface area contributed by atoms with Crippen molar-refractivity contribution in [2.45, 2.75) is 43.8 Å². The molecule has 154 valence electrons. The second-order valence-electron chi connectivity index (χ2n) is 7.58. The average molecular weight is 417 g/mol. The molecule has 0 spiro atoms. The SMILES string of the molecule is C[C@H]1CN(c2oc(-c3ccc(S(=O)(=O)N4CCCC4)cc3)nc2C#N)C[C@H](C)O1. The number of oxazole rings is 1. The minimum atomic E-state index is -3.47. The van der Waals surface area contributed by atoms with Crippen molar-refractivity contribution in [3.8, 4) is 17.5 Å². The number of morpholine rings is 1. The van der Waals surface area contributed by atoms with Gasteiger partial charge < -0.3 is 14.1 Å². The summed E-state index contributed by atoms with van der Waals surface area (Å²) in [5, 5.41) is 9.50. The average Bonchev–Trinajstić information content (AvgIpc) is 3.37. The molecule has 0 amide bonds. The van der Waals surface area contributed by atoms with Crippen molar-refractivity contribution in [1.29, 1.82) is 5.26 Å².